The van der Waals surface area contributed by atoms with Crippen LogP contribution in [-0.4, -0.2) is 49.7 Å². The number of thiophene rings is 1. The number of nitrogens with zero attached hydrogens (tertiary/aromatic N) is 1. The van der Waals surface area contributed by atoms with Crippen LogP contribution in [0.5, 0.6) is 11.5 Å². The van der Waals surface area contributed by atoms with Crippen molar-refractivity contribution in [3.8, 4) is 11.5 Å². The van der Waals surface area contributed by atoms with E-state index in [0.29, 0.717) is 34.2 Å². The lowest BCUT2D eigenvalue weighted by Gasteiger charge is -2.12. The molecule has 1 aromatic heterocycles. The van der Waals surface area contributed by atoms with E-state index in [1.54, 1.807) is 32.0 Å². The first-order valence-corrected chi connectivity index (χ1v) is 12.3. The Balaban J connectivity index is 1.66. The maximum atomic E-state index is 12.5. The van der Waals surface area contributed by atoms with E-state index in [0.717, 1.165) is 36.1 Å². The summed E-state index contributed by atoms with van der Waals surface area (Å²) < 4.78 is 16.0. The normalized spacial score (nSPS) is 12.5. The quantitative estimate of drug-likeness (QED) is 0.189. The monoisotopic (exact) mass is 516 g/mol. The number of ether oxygens (including phenoxy) is 3. The molecule has 12 heteroatoms. The number of aryl methyl sites for hydroxylation is 1. The number of hydrazone groups is 1. The summed E-state index contributed by atoms with van der Waals surface area (Å²) in [6.07, 6.45) is 4.81. The van der Waals surface area contributed by atoms with Crippen molar-refractivity contribution >= 4 is 46.2 Å². The third-order valence-electron chi connectivity index (χ3n) is 5.10. The third kappa shape index (κ3) is 6.81. The van der Waals surface area contributed by atoms with Crippen molar-refractivity contribution in [2.45, 2.75) is 39.5 Å². The van der Waals surface area contributed by atoms with Crippen LogP contribution in [0.4, 0.5) is 5.00 Å². The van der Waals surface area contributed by atoms with Crippen LogP contribution in [0.3, 0.4) is 0 Å². The molecular weight excluding hydrogens is 488 g/mol. The topological polar surface area (TPSA) is 158 Å². The molecule has 3 rings (SSSR count). The molecule has 1 aliphatic carbocycles. The zero-order valence-corrected chi connectivity index (χ0v) is 20.9. The minimum absolute atomic E-state index is 0.204. The van der Waals surface area contributed by atoms with Gasteiger partial charge in [0, 0.05) is 4.88 Å². The van der Waals surface area contributed by atoms with Gasteiger partial charge in [-0.3, -0.25) is 14.4 Å². The summed E-state index contributed by atoms with van der Waals surface area (Å²) in [4.78, 5) is 49.3. The van der Waals surface area contributed by atoms with Gasteiger partial charge >= 0.3 is 17.8 Å². The number of hydrogen-bond donors (Lipinski definition) is 3. The molecule has 1 heterocycles. The lowest BCUT2D eigenvalue weighted by molar-refractivity contribution is -0.136. The van der Waals surface area contributed by atoms with Gasteiger partial charge in [0.05, 0.1) is 25.0 Å². The maximum absolute atomic E-state index is 12.5. The molecule has 0 radical (unpaired) electrons. The Morgan fingerprint density at radius 1 is 1.06 bits per heavy atom. The Morgan fingerprint density at radius 2 is 1.83 bits per heavy atom. The summed E-state index contributed by atoms with van der Waals surface area (Å²) in [6.45, 7) is 3.75. The number of carbonyl (C=O) groups excluding carboxylic acids is 4. The number of rotatable bonds is 10. The lowest BCUT2D eigenvalue weighted by atomic mass is 9.95. The van der Waals surface area contributed by atoms with Gasteiger partial charge in [-0.05, 0) is 68.9 Å². The van der Waals surface area contributed by atoms with Gasteiger partial charge in [-0.15, -0.1) is 11.3 Å². The Kier molecular flexibility index (Phi) is 9.39. The number of carbonyl (C=O) groups is 4. The minimum Gasteiger partial charge on any atom is -0.490 e. The molecule has 3 amide bonds. The molecule has 0 aliphatic heterocycles. The summed E-state index contributed by atoms with van der Waals surface area (Å²) in [7, 11) is 0. The van der Waals surface area contributed by atoms with Crippen LogP contribution in [0.25, 0.3) is 0 Å². The van der Waals surface area contributed by atoms with E-state index in [4.69, 9.17) is 19.9 Å². The van der Waals surface area contributed by atoms with E-state index < -0.39 is 23.7 Å². The van der Waals surface area contributed by atoms with E-state index in [2.05, 4.69) is 15.8 Å². The minimum atomic E-state index is -1.00. The van der Waals surface area contributed by atoms with E-state index >= 15 is 0 Å². The Bertz CT molecular complexity index is 1180. The summed E-state index contributed by atoms with van der Waals surface area (Å²) in [5.41, 5.74) is 9.02. The smallest absolute Gasteiger partial charge is 0.341 e. The number of esters is 1. The highest BCUT2D eigenvalue weighted by Gasteiger charge is 2.28. The van der Waals surface area contributed by atoms with Crippen molar-refractivity contribution in [1.82, 2.24) is 5.43 Å². The predicted molar refractivity (Wildman–Crippen MR) is 134 cm³/mol. The highest BCUT2D eigenvalue weighted by molar-refractivity contribution is 7.17. The van der Waals surface area contributed by atoms with Crippen LogP contribution in [0.15, 0.2) is 23.3 Å². The molecule has 0 fully saturated rings. The Labute approximate surface area is 212 Å². The molecule has 0 bridgehead atoms. The van der Waals surface area contributed by atoms with Crippen molar-refractivity contribution in [2.75, 3.05) is 25.1 Å². The number of anilines is 1. The van der Waals surface area contributed by atoms with Crippen molar-refractivity contribution < 1.29 is 33.4 Å². The highest BCUT2D eigenvalue weighted by atomic mass is 32.1. The highest BCUT2D eigenvalue weighted by Crippen LogP contribution is 2.38. The van der Waals surface area contributed by atoms with Gasteiger partial charge in [-0.2, -0.15) is 5.10 Å². The van der Waals surface area contributed by atoms with Crippen LogP contribution in [0.2, 0.25) is 0 Å². The summed E-state index contributed by atoms with van der Waals surface area (Å²) in [6, 6.07) is 4.78. The van der Waals surface area contributed by atoms with Crippen molar-refractivity contribution in [1.29, 1.82) is 0 Å². The molecule has 1 aliphatic rings. The molecule has 0 spiro atoms. The first kappa shape index (κ1) is 26.7. The van der Waals surface area contributed by atoms with Gasteiger partial charge in [0.1, 0.15) is 5.00 Å². The number of nitrogens with one attached hydrogen (secondary N) is 2. The molecule has 0 saturated carbocycles. The van der Waals surface area contributed by atoms with Gasteiger partial charge in [0.15, 0.2) is 18.1 Å². The number of nitrogens with two attached hydrogens (primary N) is 1. The molecule has 192 valence electrons. The van der Waals surface area contributed by atoms with E-state index in [9.17, 15) is 19.2 Å². The van der Waals surface area contributed by atoms with E-state index in [1.165, 1.54) is 17.6 Å². The second kappa shape index (κ2) is 12.7. The van der Waals surface area contributed by atoms with Crippen LogP contribution in [0, 0.1) is 0 Å². The SMILES string of the molecule is CCOC(=O)c1c(NC(=O)C(=O)NN=Cc2ccc(OCC(N)=O)c(OCC)c2)sc2c1CCCC2. The summed E-state index contributed by atoms with van der Waals surface area (Å²) in [5, 5.41) is 6.65. The first-order chi connectivity index (χ1) is 17.3. The van der Waals surface area contributed by atoms with Gasteiger partial charge < -0.3 is 25.3 Å². The Morgan fingerprint density at radius 3 is 2.56 bits per heavy atom. The first-order valence-electron chi connectivity index (χ1n) is 11.5. The molecule has 0 atom stereocenters. The molecule has 11 nitrogen and oxygen atoms in total. The van der Waals surface area contributed by atoms with Crippen LogP contribution in [-0.2, 0) is 32.0 Å². The summed E-state index contributed by atoms with van der Waals surface area (Å²) >= 11 is 1.29. The zero-order valence-electron chi connectivity index (χ0n) is 20.0. The molecular formula is C24H28N4O7S. The average Bonchev–Trinajstić information content (AvgIpc) is 3.21. The van der Waals surface area contributed by atoms with Crippen molar-refractivity contribution in [3.05, 3.63) is 39.8 Å². The number of benzene rings is 1. The number of hydrogen-bond acceptors (Lipinski definition) is 9. The fourth-order valence-corrected chi connectivity index (χ4v) is 4.86. The molecule has 2 aromatic rings. The van der Waals surface area contributed by atoms with Crippen LogP contribution < -0.4 is 25.9 Å². The largest absolute Gasteiger partial charge is 0.490 e. The second-order valence-electron chi connectivity index (χ2n) is 7.68. The Hall–Kier alpha value is -3.93. The van der Waals surface area contributed by atoms with Gasteiger partial charge in [0.25, 0.3) is 5.91 Å². The van der Waals surface area contributed by atoms with Gasteiger partial charge in [-0.1, -0.05) is 0 Å². The standard InChI is InChI=1S/C24H28N4O7S/c1-3-33-17-11-14(9-10-16(17)35-13-19(25)29)12-26-28-22(31)21(30)27-23-20(24(32)34-4-2)15-7-5-6-8-18(15)36-23/h9-12H,3-8,13H2,1-2H3,(H2,25,29)(H,27,30)(H,28,31). The van der Waals surface area contributed by atoms with E-state index in [-0.39, 0.29) is 13.2 Å². The number of fused-ring (bicyclic) bond motifs is 1. The molecule has 4 N–H and O–H groups in total. The number of amides is 3. The van der Waals surface area contributed by atoms with Gasteiger partial charge in [0.2, 0.25) is 0 Å². The van der Waals surface area contributed by atoms with Crippen LogP contribution in [0.1, 0.15) is 53.1 Å². The number of primary amides is 1. The zero-order chi connectivity index (χ0) is 26.1. The predicted octanol–water partition coefficient (Wildman–Crippen LogP) is 2.16. The fourth-order valence-electron chi connectivity index (χ4n) is 3.59. The van der Waals surface area contributed by atoms with E-state index in [1.807, 2.05) is 0 Å². The fraction of sp³-hybridized carbons (Fsp3) is 0.375. The maximum Gasteiger partial charge on any atom is 0.341 e. The second-order valence-corrected chi connectivity index (χ2v) is 8.79. The van der Waals surface area contributed by atoms with Crippen molar-refractivity contribution in [3.63, 3.8) is 0 Å². The third-order valence-corrected chi connectivity index (χ3v) is 6.31. The van der Waals surface area contributed by atoms with Crippen molar-refractivity contribution in [2.24, 2.45) is 10.8 Å². The summed E-state index contributed by atoms with van der Waals surface area (Å²) in [5.74, 6) is -2.41. The lowest BCUT2D eigenvalue weighted by Crippen LogP contribution is -2.32. The molecule has 1 aromatic carbocycles. The van der Waals surface area contributed by atoms with Gasteiger partial charge in [-0.25, -0.2) is 10.2 Å². The molecule has 0 saturated heterocycles. The molecule has 0 unspecified atom stereocenters. The average molecular weight is 517 g/mol. The van der Waals surface area contributed by atoms with Crippen LogP contribution >= 0.6 is 11.3 Å². The molecule has 36 heavy (non-hydrogen) atoms.